The Balaban J connectivity index is 2.20. The van der Waals surface area contributed by atoms with Gasteiger partial charge in [0, 0.05) is 0 Å². The van der Waals surface area contributed by atoms with Crippen LogP contribution in [0.1, 0.15) is 20.3 Å². The van der Waals surface area contributed by atoms with Crippen molar-refractivity contribution in [3.63, 3.8) is 0 Å². The first kappa shape index (κ1) is 3.20. The first-order valence-electron chi connectivity index (χ1n) is 2.30. The summed E-state index contributed by atoms with van der Waals surface area (Å²) in [6.07, 6.45) is 1.47. The van der Waals surface area contributed by atoms with Crippen LogP contribution >= 0.6 is 0 Å². The van der Waals surface area contributed by atoms with Crippen molar-refractivity contribution in [3.8, 4) is 0 Å². The molecule has 1 aliphatic rings. The predicted octanol–water partition coefficient (Wildman–Crippen LogP) is 1.66. The van der Waals surface area contributed by atoms with Crippen molar-refractivity contribution >= 4 is 0 Å². The highest BCUT2D eigenvalue weighted by molar-refractivity contribution is 4.76. The van der Waals surface area contributed by atoms with Gasteiger partial charge in [0.05, 0.1) is 0 Å². The normalized spacial score (nSPS) is 49.2. The molecule has 0 aliphatic heterocycles. The maximum atomic E-state index is 2.30. The molecule has 0 aromatic carbocycles. The lowest BCUT2D eigenvalue weighted by Crippen LogP contribution is -1.58. The molecule has 1 saturated carbocycles. The third kappa shape index (κ3) is 0.444. The molecule has 0 aromatic rings. The van der Waals surface area contributed by atoms with E-state index in [0.29, 0.717) is 0 Å². The molecular weight excluding hydrogens is 60.1 g/mol. The minimum absolute atomic E-state index is 1.05. The fourth-order valence-corrected chi connectivity index (χ4v) is 0.508. The Kier molecular flexibility index (Phi) is 0.470. The minimum Gasteiger partial charge on any atom is -0.0622 e. The van der Waals surface area contributed by atoms with Crippen LogP contribution in [0.2, 0.25) is 0 Å². The molecular formula is C5H10. The lowest BCUT2D eigenvalue weighted by atomic mass is 10.4. The lowest BCUT2D eigenvalue weighted by Gasteiger charge is -1.66. The van der Waals surface area contributed by atoms with Crippen LogP contribution in [0.5, 0.6) is 0 Å². The van der Waals surface area contributed by atoms with E-state index in [0.717, 1.165) is 11.8 Å². The minimum atomic E-state index is 1.05. The van der Waals surface area contributed by atoms with Crippen molar-refractivity contribution < 1.29 is 0 Å². The van der Waals surface area contributed by atoms with Gasteiger partial charge in [0.15, 0.2) is 0 Å². The average molecular weight is 70.1 g/mol. The molecule has 30 valence electrons. The molecule has 1 rings (SSSR count). The Morgan fingerprint density at radius 2 is 1.40 bits per heavy atom. The van der Waals surface area contributed by atoms with Crippen molar-refractivity contribution in [2.45, 2.75) is 20.3 Å². The van der Waals surface area contributed by atoms with Gasteiger partial charge in [-0.1, -0.05) is 13.8 Å². The summed E-state index contributed by atoms with van der Waals surface area (Å²) < 4.78 is 0. The zero-order chi connectivity index (χ0) is 3.86. The van der Waals surface area contributed by atoms with Crippen LogP contribution in [-0.4, -0.2) is 0 Å². The van der Waals surface area contributed by atoms with Crippen molar-refractivity contribution in [1.29, 1.82) is 0 Å². The summed E-state index contributed by atoms with van der Waals surface area (Å²) in [5, 5.41) is 0. The van der Waals surface area contributed by atoms with E-state index in [2.05, 4.69) is 13.8 Å². The van der Waals surface area contributed by atoms with Gasteiger partial charge in [-0.15, -0.1) is 0 Å². The zero-order valence-electron chi connectivity index (χ0n) is 3.86. The fraction of sp³-hybridized carbons (Fsp3) is 1.00. The summed E-state index contributed by atoms with van der Waals surface area (Å²) in [6, 6.07) is 0. The van der Waals surface area contributed by atoms with E-state index in [1.807, 2.05) is 0 Å². The van der Waals surface area contributed by atoms with Crippen LogP contribution in [0, 0.1) is 11.8 Å². The van der Waals surface area contributed by atoms with E-state index >= 15 is 0 Å². The summed E-state index contributed by atoms with van der Waals surface area (Å²) in [4.78, 5) is 0. The number of rotatable bonds is 0. The van der Waals surface area contributed by atoms with E-state index in [-0.39, 0.29) is 0 Å². The second-order valence-corrected chi connectivity index (χ2v) is 2.19. The quantitative estimate of drug-likeness (QED) is 0.406. The monoisotopic (exact) mass is 70.1 g/mol. The van der Waals surface area contributed by atoms with Gasteiger partial charge in [0.25, 0.3) is 0 Å². The molecule has 0 N–H and O–H groups in total. The highest BCUT2D eigenvalue weighted by atomic mass is 14.3. The first-order valence-corrected chi connectivity index (χ1v) is 2.30. The number of hydrogen-bond acceptors (Lipinski definition) is 0. The van der Waals surface area contributed by atoms with Gasteiger partial charge in [-0.2, -0.15) is 0 Å². The number of hydrogen-bond donors (Lipinski definition) is 0. The second kappa shape index (κ2) is 0.735. The van der Waals surface area contributed by atoms with Crippen LogP contribution < -0.4 is 0 Å². The first-order chi connectivity index (χ1) is 2.30. The van der Waals surface area contributed by atoms with Crippen molar-refractivity contribution in [3.05, 3.63) is 0 Å². The van der Waals surface area contributed by atoms with E-state index in [9.17, 15) is 0 Å². The third-order valence-corrected chi connectivity index (χ3v) is 1.51. The molecule has 2 atom stereocenters. The molecule has 0 heterocycles. The maximum absolute atomic E-state index is 2.30. The molecule has 0 bridgehead atoms. The van der Waals surface area contributed by atoms with E-state index in [4.69, 9.17) is 0 Å². The van der Waals surface area contributed by atoms with E-state index in [1.54, 1.807) is 0 Å². The Labute approximate surface area is 33.2 Å². The van der Waals surface area contributed by atoms with Crippen LogP contribution in [0.4, 0.5) is 0 Å². The van der Waals surface area contributed by atoms with Crippen LogP contribution in [-0.2, 0) is 0 Å². The summed E-state index contributed by atoms with van der Waals surface area (Å²) in [5.74, 6) is 2.10. The smallest absolute Gasteiger partial charge is 0.0414 e. The molecule has 0 nitrogen and oxygen atoms in total. The topological polar surface area (TPSA) is 0 Å². The van der Waals surface area contributed by atoms with Gasteiger partial charge in [-0.25, -0.2) is 0 Å². The van der Waals surface area contributed by atoms with Crippen molar-refractivity contribution in [2.24, 2.45) is 11.8 Å². The molecule has 1 aliphatic carbocycles. The van der Waals surface area contributed by atoms with Crippen LogP contribution in [0.3, 0.4) is 0 Å². The second-order valence-electron chi connectivity index (χ2n) is 2.19. The molecule has 1 fully saturated rings. The standard InChI is InChI=1S/C5H10/c1-4-3-5(4)2/h4-5H,3H2,1-2H3. The average Bonchev–Trinajstić information content (AvgIpc) is 1.79. The van der Waals surface area contributed by atoms with Crippen LogP contribution in [0.25, 0.3) is 0 Å². The third-order valence-electron chi connectivity index (χ3n) is 1.51. The molecule has 0 heteroatoms. The fourth-order valence-electron chi connectivity index (χ4n) is 0.508. The summed E-state index contributed by atoms with van der Waals surface area (Å²) in [6.45, 7) is 4.59. The largest absolute Gasteiger partial charge is 0.0622 e. The molecule has 0 radical (unpaired) electrons. The van der Waals surface area contributed by atoms with E-state index in [1.165, 1.54) is 6.42 Å². The van der Waals surface area contributed by atoms with Gasteiger partial charge in [0.1, 0.15) is 0 Å². The van der Waals surface area contributed by atoms with Gasteiger partial charge < -0.3 is 0 Å². The molecule has 0 aromatic heterocycles. The van der Waals surface area contributed by atoms with E-state index < -0.39 is 0 Å². The van der Waals surface area contributed by atoms with Crippen molar-refractivity contribution in [1.82, 2.24) is 0 Å². The highest BCUT2D eigenvalue weighted by Crippen LogP contribution is 2.36. The molecule has 0 amide bonds. The Bertz CT molecular complexity index is 33.3. The lowest BCUT2D eigenvalue weighted by molar-refractivity contribution is 0.834. The van der Waals surface area contributed by atoms with Gasteiger partial charge in [0.2, 0.25) is 0 Å². The van der Waals surface area contributed by atoms with Gasteiger partial charge in [-0.05, 0) is 18.3 Å². The highest BCUT2D eigenvalue weighted by Gasteiger charge is 2.26. The summed E-state index contributed by atoms with van der Waals surface area (Å²) in [5.41, 5.74) is 0. The zero-order valence-corrected chi connectivity index (χ0v) is 3.86. The summed E-state index contributed by atoms with van der Waals surface area (Å²) >= 11 is 0. The maximum Gasteiger partial charge on any atom is -0.0414 e. The Morgan fingerprint density at radius 3 is 1.40 bits per heavy atom. The molecule has 0 saturated heterocycles. The predicted molar refractivity (Wildman–Crippen MR) is 22.9 cm³/mol. The molecule has 5 heavy (non-hydrogen) atoms. The summed E-state index contributed by atoms with van der Waals surface area (Å²) in [7, 11) is 0. The van der Waals surface area contributed by atoms with Crippen LogP contribution in [0.15, 0.2) is 0 Å². The SMILES string of the molecule is CC1CC1C. The molecule has 0 spiro atoms. The van der Waals surface area contributed by atoms with Gasteiger partial charge in [-0.3, -0.25) is 0 Å². The molecule has 2 unspecified atom stereocenters. The van der Waals surface area contributed by atoms with Crippen molar-refractivity contribution in [2.75, 3.05) is 0 Å². The Morgan fingerprint density at radius 1 is 1.20 bits per heavy atom. The Hall–Kier alpha value is 0. The van der Waals surface area contributed by atoms with Gasteiger partial charge >= 0.3 is 0 Å².